The highest BCUT2D eigenvalue weighted by molar-refractivity contribution is 5.93. The average molecular weight is 450 g/mol. The minimum Gasteiger partial charge on any atom is -0.377 e. The number of rotatable bonds is 10. The summed E-state index contributed by atoms with van der Waals surface area (Å²) in [6.45, 7) is 6.83. The predicted molar refractivity (Wildman–Crippen MR) is 137 cm³/mol. The molecule has 5 nitrogen and oxygen atoms in total. The first-order valence-corrected chi connectivity index (χ1v) is 12.3. The summed E-state index contributed by atoms with van der Waals surface area (Å²) in [6.07, 6.45) is 4.72. The van der Waals surface area contributed by atoms with E-state index in [2.05, 4.69) is 31.0 Å². The number of carbonyl (C=O) groups is 2. The molecule has 0 bridgehead atoms. The number of nitrogens with one attached hydrogen (secondary N) is 1. The van der Waals surface area contributed by atoms with Crippen LogP contribution >= 0.6 is 0 Å². The van der Waals surface area contributed by atoms with Crippen molar-refractivity contribution in [2.75, 3.05) is 24.3 Å². The zero-order valence-electron chi connectivity index (χ0n) is 20.8. The molecule has 3 rings (SSSR count). The van der Waals surface area contributed by atoms with Gasteiger partial charge in [-0.15, -0.1) is 0 Å². The lowest BCUT2D eigenvalue weighted by Gasteiger charge is -2.33. The largest absolute Gasteiger partial charge is 0.377 e. The Morgan fingerprint density at radius 1 is 1.03 bits per heavy atom. The van der Waals surface area contributed by atoms with E-state index in [1.165, 1.54) is 0 Å². The van der Waals surface area contributed by atoms with Crippen molar-refractivity contribution in [2.45, 2.75) is 71.4 Å². The molecule has 2 amide bonds. The van der Waals surface area contributed by atoms with Gasteiger partial charge < -0.3 is 15.1 Å². The quantitative estimate of drug-likeness (QED) is 0.498. The molecule has 1 aliphatic rings. The molecule has 1 aliphatic carbocycles. The zero-order valence-corrected chi connectivity index (χ0v) is 20.8. The summed E-state index contributed by atoms with van der Waals surface area (Å²) in [5, 5.41) is 3.09. The van der Waals surface area contributed by atoms with Crippen LogP contribution in [0.15, 0.2) is 48.5 Å². The highest BCUT2D eigenvalue weighted by Gasteiger charge is 2.29. The Bertz CT molecular complexity index is 937. The molecule has 1 N–H and O–H groups in total. The van der Waals surface area contributed by atoms with E-state index < -0.39 is 0 Å². The van der Waals surface area contributed by atoms with Gasteiger partial charge in [-0.1, -0.05) is 50.6 Å². The average Bonchev–Trinajstić information content (AvgIpc) is 2.76. The van der Waals surface area contributed by atoms with Crippen molar-refractivity contribution in [2.24, 2.45) is 5.92 Å². The third-order valence-electron chi connectivity index (χ3n) is 6.96. The SMILES string of the molecule is CC[C@@H](C)N(Cc1cc(NC(=O)C2CCC2)ccc1N(C)C)C(=O)[C@H](CC)c1ccccc1. The fourth-order valence-electron chi connectivity index (χ4n) is 4.43. The maximum absolute atomic E-state index is 13.8. The van der Waals surface area contributed by atoms with Crippen LogP contribution in [0.2, 0.25) is 0 Å². The number of hydrogen-bond acceptors (Lipinski definition) is 3. The van der Waals surface area contributed by atoms with Crippen LogP contribution < -0.4 is 10.2 Å². The van der Waals surface area contributed by atoms with Crippen molar-refractivity contribution in [1.29, 1.82) is 0 Å². The third kappa shape index (κ3) is 5.95. The summed E-state index contributed by atoms with van der Waals surface area (Å²) in [4.78, 5) is 30.4. The van der Waals surface area contributed by atoms with Crippen LogP contribution in [0.5, 0.6) is 0 Å². The summed E-state index contributed by atoms with van der Waals surface area (Å²) in [5.74, 6) is 0.238. The summed E-state index contributed by atoms with van der Waals surface area (Å²) in [5.41, 5.74) is 3.97. The van der Waals surface area contributed by atoms with E-state index in [1.807, 2.05) is 67.5 Å². The smallest absolute Gasteiger partial charge is 0.230 e. The fraction of sp³-hybridized carbons (Fsp3) is 0.500. The lowest BCUT2D eigenvalue weighted by atomic mass is 9.85. The van der Waals surface area contributed by atoms with E-state index in [9.17, 15) is 9.59 Å². The topological polar surface area (TPSA) is 52.7 Å². The van der Waals surface area contributed by atoms with Gasteiger partial charge in [-0.25, -0.2) is 0 Å². The van der Waals surface area contributed by atoms with Crippen molar-refractivity contribution in [3.63, 3.8) is 0 Å². The van der Waals surface area contributed by atoms with Crippen molar-refractivity contribution < 1.29 is 9.59 Å². The molecule has 0 spiro atoms. The number of carbonyl (C=O) groups excluding carboxylic acids is 2. The van der Waals surface area contributed by atoms with Crippen LogP contribution in [0.4, 0.5) is 11.4 Å². The molecular weight excluding hydrogens is 410 g/mol. The maximum atomic E-state index is 13.8. The normalized spacial score (nSPS) is 15.3. The molecule has 0 radical (unpaired) electrons. The van der Waals surface area contributed by atoms with Crippen LogP contribution in [0.1, 0.15) is 69.9 Å². The molecule has 33 heavy (non-hydrogen) atoms. The molecule has 0 aromatic heterocycles. The van der Waals surface area contributed by atoms with Crippen LogP contribution in [0.25, 0.3) is 0 Å². The fourth-order valence-corrected chi connectivity index (χ4v) is 4.43. The molecule has 1 saturated carbocycles. The second kappa shape index (κ2) is 11.4. The van der Waals surface area contributed by atoms with E-state index in [0.717, 1.165) is 54.6 Å². The van der Waals surface area contributed by atoms with E-state index in [0.29, 0.717) is 6.54 Å². The molecule has 178 valence electrons. The highest BCUT2D eigenvalue weighted by atomic mass is 16.2. The molecule has 2 aromatic rings. The van der Waals surface area contributed by atoms with E-state index in [-0.39, 0.29) is 29.7 Å². The van der Waals surface area contributed by atoms with Crippen LogP contribution in [0, 0.1) is 5.92 Å². The Morgan fingerprint density at radius 2 is 1.73 bits per heavy atom. The minimum atomic E-state index is -0.162. The number of anilines is 2. The van der Waals surface area contributed by atoms with Crippen molar-refractivity contribution in [3.8, 4) is 0 Å². The van der Waals surface area contributed by atoms with Gasteiger partial charge >= 0.3 is 0 Å². The van der Waals surface area contributed by atoms with Gasteiger partial charge in [0.1, 0.15) is 0 Å². The third-order valence-corrected chi connectivity index (χ3v) is 6.96. The molecule has 5 heteroatoms. The molecule has 0 saturated heterocycles. The zero-order chi connectivity index (χ0) is 24.0. The van der Waals surface area contributed by atoms with E-state index >= 15 is 0 Å². The Kier molecular flexibility index (Phi) is 8.54. The van der Waals surface area contributed by atoms with Gasteiger partial charge in [-0.05, 0) is 61.9 Å². The van der Waals surface area contributed by atoms with Gasteiger partial charge in [0.05, 0.1) is 5.92 Å². The maximum Gasteiger partial charge on any atom is 0.230 e. The van der Waals surface area contributed by atoms with Gasteiger partial charge in [-0.2, -0.15) is 0 Å². The second-order valence-electron chi connectivity index (χ2n) is 9.45. The van der Waals surface area contributed by atoms with Crippen molar-refractivity contribution in [1.82, 2.24) is 4.90 Å². The first-order chi connectivity index (χ1) is 15.8. The lowest BCUT2D eigenvalue weighted by molar-refractivity contribution is -0.135. The lowest BCUT2D eigenvalue weighted by Crippen LogP contribution is -2.41. The Balaban J connectivity index is 1.90. The molecule has 1 fully saturated rings. The monoisotopic (exact) mass is 449 g/mol. The van der Waals surface area contributed by atoms with Crippen LogP contribution in [-0.2, 0) is 16.1 Å². The molecule has 2 aromatic carbocycles. The van der Waals surface area contributed by atoms with Gasteiger partial charge in [0.2, 0.25) is 11.8 Å². The Morgan fingerprint density at radius 3 is 2.27 bits per heavy atom. The first-order valence-electron chi connectivity index (χ1n) is 12.3. The number of hydrogen-bond donors (Lipinski definition) is 1. The highest BCUT2D eigenvalue weighted by Crippen LogP contribution is 2.31. The first kappa shape index (κ1) is 24.8. The molecule has 2 atom stereocenters. The molecular formula is C28H39N3O2. The van der Waals surface area contributed by atoms with Gasteiger partial charge in [0.25, 0.3) is 0 Å². The summed E-state index contributed by atoms with van der Waals surface area (Å²) < 4.78 is 0. The molecule has 0 heterocycles. The Labute approximate surface area is 199 Å². The number of amides is 2. The number of benzene rings is 2. The standard InChI is InChI=1S/C28H39N3O2/c1-6-20(3)31(28(33)25(7-2)21-12-9-8-10-13-21)19-23-18-24(16-17-26(23)30(4)5)29-27(32)22-14-11-15-22/h8-10,12-13,16-18,20,22,25H,6-7,11,14-15,19H2,1-5H3,(H,29,32)/t20-,25-/m1/s1. The summed E-state index contributed by atoms with van der Waals surface area (Å²) in [7, 11) is 4.03. The van der Waals surface area contributed by atoms with Gasteiger partial charge in [-0.3, -0.25) is 9.59 Å². The summed E-state index contributed by atoms with van der Waals surface area (Å²) >= 11 is 0. The molecule has 0 unspecified atom stereocenters. The van der Waals surface area contributed by atoms with Crippen molar-refractivity contribution >= 4 is 23.2 Å². The van der Waals surface area contributed by atoms with E-state index in [1.54, 1.807) is 0 Å². The van der Waals surface area contributed by atoms with Gasteiger partial charge in [0.15, 0.2) is 0 Å². The molecule has 0 aliphatic heterocycles. The van der Waals surface area contributed by atoms with E-state index in [4.69, 9.17) is 0 Å². The van der Waals surface area contributed by atoms with Crippen LogP contribution in [0.3, 0.4) is 0 Å². The summed E-state index contributed by atoms with van der Waals surface area (Å²) in [6, 6.07) is 16.2. The number of nitrogens with zero attached hydrogens (tertiary/aromatic N) is 2. The van der Waals surface area contributed by atoms with Crippen LogP contribution in [-0.4, -0.2) is 36.9 Å². The van der Waals surface area contributed by atoms with Gasteiger partial charge in [0, 0.05) is 44.0 Å². The second-order valence-corrected chi connectivity index (χ2v) is 9.45. The predicted octanol–water partition coefficient (Wildman–Crippen LogP) is 5.81. The van der Waals surface area contributed by atoms with Crippen molar-refractivity contribution in [3.05, 3.63) is 59.7 Å². The Hall–Kier alpha value is -2.82. The minimum absolute atomic E-state index is 0.106.